The number of hydrogen-bond acceptors (Lipinski definition) is 2. The first-order valence-electron chi connectivity index (χ1n) is 6.36. The van der Waals surface area contributed by atoms with Crippen molar-refractivity contribution in [2.45, 2.75) is 20.3 Å². The van der Waals surface area contributed by atoms with Crippen molar-refractivity contribution in [3.63, 3.8) is 0 Å². The summed E-state index contributed by atoms with van der Waals surface area (Å²) < 4.78 is 0. The number of nitrogens with one attached hydrogen (secondary N) is 1. The van der Waals surface area contributed by atoms with Gasteiger partial charge in [-0.25, -0.2) is 0 Å². The van der Waals surface area contributed by atoms with E-state index in [1.165, 1.54) is 0 Å². The first-order valence-corrected chi connectivity index (χ1v) is 6.36. The molecule has 0 fully saturated rings. The maximum absolute atomic E-state index is 12.1. The summed E-state index contributed by atoms with van der Waals surface area (Å²) in [4.78, 5) is 12.1. The van der Waals surface area contributed by atoms with E-state index in [0.29, 0.717) is 11.3 Å². The summed E-state index contributed by atoms with van der Waals surface area (Å²) in [5.74, 6) is -0.112. The molecular weight excluding hydrogens is 236 g/mol. The summed E-state index contributed by atoms with van der Waals surface area (Å²) in [5, 5.41) is 2.86. The number of carbonyl (C=O) groups is 1. The van der Waals surface area contributed by atoms with Crippen LogP contribution in [0, 0.1) is 6.92 Å². The van der Waals surface area contributed by atoms with Crippen molar-refractivity contribution in [2.75, 3.05) is 11.1 Å². The number of amides is 1. The molecule has 2 aromatic rings. The zero-order valence-electron chi connectivity index (χ0n) is 11.2. The lowest BCUT2D eigenvalue weighted by molar-refractivity contribution is 0.102. The molecular formula is C16H18N2O. The van der Waals surface area contributed by atoms with E-state index >= 15 is 0 Å². The number of carbonyl (C=O) groups excluding carboxylic acids is 1. The van der Waals surface area contributed by atoms with Gasteiger partial charge in [0.2, 0.25) is 0 Å². The van der Waals surface area contributed by atoms with Gasteiger partial charge in [0.25, 0.3) is 5.91 Å². The van der Waals surface area contributed by atoms with Crippen molar-refractivity contribution >= 4 is 17.3 Å². The predicted octanol–water partition coefficient (Wildman–Crippen LogP) is 3.39. The molecule has 0 aliphatic rings. The summed E-state index contributed by atoms with van der Waals surface area (Å²) >= 11 is 0. The van der Waals surface area contributed by atoms with Gasteiger partial charge in [-0.05, 0) is 48.7 Å². The quantitative estimate of drug-likeness (QED) is 0.825. The SMILES string of the molecule is CCc1cccc(C(=O)Nc2ccc(C)c(N)c2)c1. The highest BCUT2D eigenvalue weighted by Gasteiger charge is 2.07. The fourth-order valence-electron chi connectivity index (χ4n) is 1.85. The molecule has 0 saturated heterocycles. The number of nitrogen functional groups attached to an aromatic ring is 1. The molecule has 3 N–H and O–H groups in total. The van der Waals surface area contributed by atoms with Crippen LogP contribution in [0.1, 0.15) is 28.4 Å². The molecule has 0 aliphatic carbocycles. The van der Waals surface area contributed by atoms with Crippen LogP contribution in [-0.4, -0.2) is 5.91 Å². The maximum Gasteiger partial charge on any atom is 0.255 e. The van der Waals surface area contributed by atoms with E-state index in [-0.39, 0.29) is 5.91 Å². The van der Waals surface area contributed by atoms with Gasteiger partial charge in [0.1, 0.15) is 0 Å². The molecule has 0 atom stereocenters. The number of anilines is 2. The summed E-state index contributed by atoms with van der Waals surface area (Å²) in [6, 6.07) is 13.2. The lowest BCUT2D eigenvalue weighted by Crippen LogP contribution is -2.12. The van der Waals surface area contributed by atoms with Crippen LogP contribution >= 0.6 is 0 Å². The smallest absolute Gasteiger partial charge is 0.255 e. The second kappa shape index (κ2) is 5.57. The molecule has 0 aliphatic heterocycles. The van der Waals surface area contributed by atoms with Gasteiger partial charge < -0.3 is 11.1 Å². The van der Waals surface area contributed by atoms with Crippen molar-refractivity contribution in [3.8, 4) is 0 Å². The van der Waals surface area contributed by atoms with Gasteiger partial charge in [0.05, 0.1) is 0 Å². The Hall–Kier alpha value is -2.29. The van der Waals surface area contributed by atoms with E-state index in [1.54, 1.807) is 6.07 Å². The third-order valence-corrected chi connectivity index (χ3v) is 3.13. The fourth-order valence-corrected chi connectivity index (χ4v) is 1.85. The Morgan fingerprint density at radius 3 is 2.68 bits per heavy atom. The van der Waals surface area contributed by atoms with Gasteiger partial charge >= 0.3 is 0 Å². The number of hydrogen-bond donors (Lipinski definition) is 2. The zero-order valence-corrected chi connectivity index (χ0v) is 11.2. The van der Waals surface area contributed by atoms with Crippen molar-refractivity contribution in [2.24, 2.45) is 0 Å². The maximum atomic E-state index is 12.1. The molecule has 19 heavy (non-hydrogen) atoms. The Bertz CT molecular complexity index is 605. The standard InChI is InChI=1S/C16H18N2O/c1-3-12-5-4-6-13(9-12)16(19)18-14-8-7-11(2)15(17)10-14/h4-10H,3,17H2,1-2H3,(H,18,19). The van der Waals surface area contributed by atoms with Crippen LogP contribution in [-0.2, 0) is 6.42 Å². The van der Waals surface area contributed by atoms with Gasteiger partial charge in [0.15, 0.2) is 0 Å². The number of rotatable bonds is 3. The van der Waals surface area contributed by atoms with E-state index in [0.717, 1.165) is 23.2 Å². The van der Waals surface area contributed by atoms with Crippen molar-refractivity contribution in [3.05, 3.63) is 59.2 Å². The Morgan fingerprint density at radius 2 is 2.00 bits per heavy atom. The fraction of sp³-hybridized carbons (Fsp3) is 0.188. The minimum absolute atomic E-state index is 0.112. The Labute approximate surface area is 113 Å². The molecule has 0 saturated carbocycles. The summed E-state index contributed by atoms with van der Waals surface area (Å²) in [7, 11) is 0. The molecule has 0 aromatic heterocycles. The Kier molecular flexibility index (Phi) is 3.85. The van der Waals surface area contributed by atoms with Gasteiger partial charge in [-0.15, -0.1) is 0 Å². The van der Waals surface area contributed by atoms with E-state index in [1.807, 2.05) is 43.3 Å². The molecule has 0 unspecified atom stereocenters. The molecule has 3 nitrogen and oxygen atoms in total. The van der Waals surface area contributed by atoms with Gasteiger partial charge in [-0.1, -0.05) is 25.1 Å². The highest BCUT2D eigenvalue weighted by atomic mass is 16.1. The third-order valence-electron chi connectivity index (χ3n) is 3.13. The average Bonchev–Trinajstić information content (AvgIpc) is 2.43. The molecule has 0 spiro atoms. The zero-order chi connectivity index (χ0) is 13.8. The number of nitrogens with two attached hydrogens (primary N) is 1. The van der Waals surface area contributed by atoms with Crippen molar-refractivity contribution in [1.29, 1.82) is 0 Å². The summed E-state index contributed by atoms with van der Waals surface area (Å²) in [6.45, 7) is 4.00. The molecule has 0 bridgehead atoms. The second-order valence-electron chi connectivity index (χ2n) is 4.58. The van der Waals surface area contributed by atoms with Crippen molar-refractivity contribution < 1.29 is 4.79 Å². The Balaban J connectivity index is 2.18. The van der Waals surface area contributed by atoms with Gasteiger partial charge in [0, 0.05) is 16.9 Å². The van der Waals surface area contributed by atoms with Crippen LogP contribution in [0.5, 0.6) is 0 Å². The molecule has 3 heteroatoms. The molecule has 0 heterocycles. The average molecular weight is 254 g/mol. The lowest BCUT2D eigenvalue weighted by atomic mass is 10.1. The summed E-state index contributed by atoms with van der Waals surface area (Å²) in [5.41, 5.74) is 10.0. The van der Waals surface area contributed by atoms with E-state index in [4.69, 9.17) is 5.73 Å². The van der Waals surface area contributed by atoms with Crippen LogP contribution in [0.25, 0.3) is 0 Å². The van der Waals surface area contributed by atoms with Gasteiger partial charge in [-0.2, -0.15) is 0 Å². The normalized spacial score (nSPS) is 10.2. The van der Waals surface area contributed by atoms with Crippen LogP contribution in [0.3, 0.4) is 0 Å². The van der Waals surface area contributed by atoms with Crippen LogP contribution in [0.15, 0.2) is 42.5 Å². The van der Waals surface area contributed by atoms with Crippen LogP contribution in [0.2, 0.25) is 0 Å². The monoisotopic (exact) mass is 254 g/mol. The van der Waals surface area contributed by atoms with E-state index in [9.17, 15) is 4.79 Å². The van der Waals surface area contributed by atoms with E-state index in [2.05, 4.69) is 12.2 Å². The largest absolute Gasteiger partial charge is 0.398 e. The van der Waals surface area contributed by atoms with E-state index < -0.39 is 0 Å². The highest BCUT2D eigenvalue weighted by molar-refractivity contribution is 6.04. The second-order valence-corrected chi connectivity index (χ2v) is 4.58. The highest BCUT2D eigenvalue weighted by Crippen LogP contribution is 2.18. The topological polar surface area (TPSA) is 55.1 Å². The summed E-state index contributed by atoms with van der Waals surface area (Å²) in [6.07, 6.45) is 0.915. The van der Waals surface area contributed by atoms with Crippen LogP contribution < -0.4 is 11.1 Å². The first-order chi connectivity index (χ1) is 9.10. The Morgan fingerprint density at radius 1 is 1.21 bits per heavy atom. The van der Waals surface area contributed by atoms with Crippen molar-refractivity contribution in [1.82, 2.24) is 0 Å². The molecule has 2 rings (SSSR count). The minimum Gasteiger partial charge on any atom is -0.398 e. The lowest BCUT2D eigenvalue weighted by Gasteiger charge is -2.08. The molecule has 2 aromatic carbocycles. The number of aryl methyl sites for hydroxylation is 2. The van der Waals surface area contributed by atoms with Crippen LogP contribution in [0.4, 0.5) is 11.4 Å². The molecule has 0 radical (unpaired) electrons. The first kappa shape index (κ1) is 13.1. The predicted molar refractivity (Wildman–Crippen MR) is 79.4 cm³/mol. The molecule has 98 valence electrons. The number of benzene rings is 2. The third kappa shape index (κ3) is 3.13. The van der Waals surface area contributed by atoms with Gasteiger partial charge in [-0.3, -0.25) is 4.79 Å². The minimum atomic E-state index is -0.112. The molecule has 1 amide bonds.